The molecule has 1 fully saturated rings. The van der Waals surface area contributed by atoms with Gasteiger partial charge >= 0.3 is 0 Å². The molecule has 2 atom stereocenters. The molecule has 0 spiro atoms. The number of nitriles is 1. The second kappa shape index (κ2) is 4.38. The highest BCUT2D eigenvalue weighted by molar-refractivity contribution is 4.77. The predicted molar refractivity (Wildman–Crippen MR) is 46.0 cm³/mol. The lowest BCUT2D eigenvalue weighted by Crippen LogP contribution is -2.16. The summed E-state index contributed by atoms with van der Waals surface area (Å²) in [5.74, 6) is 1.72. The van der Waals surface area contributed by atoms with Crippen LogP contribution in [0.3, 0.4) is 0 Å². The van der Waals surface area contributed by atoms with Gasteiger partial charge in [0.2, 0.25) is 0 Å². The summed E-state index contributed by atoms with van der Waals surface area (Å²) in [6, 6.07) is 2.24. The number of hydrogen-bond acceptors (Lipinski definition) is 1. The summed E-state index contributed by atoms with van der Waals surface area (Å²) >= 11 is 0. The number of hydrogen-bond donors (Lipinski definition) is 0. The zero-order valence-corrected chi connectivity index (χ0v) is 7.34. The molecule has 0 N–H and O–H groups in total. The van der Waals surface area contributed by atoms with E-state index in [4.69, 9.17) is 5.26 Å². The first kappa shape index (κ1) is 8.59. The van der Waals surface area contributed by atoms with Crippen LogP contribution in [-0.2, 0) is 0 Å². The van der Waals surface area contributed by atoms with Gasteiger partial charge in [0, 0.05) is 6.42 Å². The van der Waals surface area contributed by atoms with E-state index in [1.807, 2.05) is 0 Å². The highest BCUT2D eigenvalue weighted by atomic mass is 14.3. The summed E-state index contributed by atoms with van der Waals surface area (Å²) in [5, 5.41) is 8.43. The lowest BCUT2D eigenvalue weighted by atomic mass is 9.78. The third-order valence-electron chi connectivity index (χ3n) is 2.92. The Bertz CT molecular complexity index is 145. The van der Waals surface area contributed by atoms with Crippen molar-refractivity contribution in [3.8, 4) is 6.07 Å². The van der Waals surface area contributed by atoms with E-state index < -0.39 is 0 Å². The van der Waals surface area contributed by atoms with E-state index >= 15 is 0 Å². The van der Waals surface area contributed by atoms with Crippen molar-refractivity contribution in [2.45, 2.75) is 45.4 Å². The first-order valence-electron chi connectivity index (χ1n) is 4.71. The molecule has 0 aromatic heterocycles. The lowest BCUT2D eigenvalue weighted by molar-refractivity contribution is 0.244. The zero-order valence-electron chi connectivity index (χ0n) is 7.34. The van der Waals surface area contributed by atoms with Crippen LogP contribution in [0.15, 0.2) is 0 Å². The molecule has 1 aliphatic rings. The minimum atomic E-state index is 0.759. The average Bonchev–Trinajstić information content (AvgIpc) is 2.03. The monoisotopic (exact) mass is 151 g/mol. The van der Waals surface area contributed by atoms with Crippen LogP contribution in [0.2, 0.25) is 0 Å². The van der Waals surface area contributed by atoms with Crippen LogP contribution in [0.4, 0.5) is 0 Å². The summed E-state index contributed by atoms with van der Waals surface area (Å²) in [5.41, 5.74) is 0. The maximum absolute atomic E-state index is 8.43. The molecular formula is C10H17N. The third kappa shape index (κ3) is 2.54. The molecule has 11 heavy (non-hydrogen) atoms. The number of nitrogens with zero attached hydrogens (tertiary/aromatic N) is 1. The van der Waals surface area contributed by atoms with Crippen molar-refractivity contribution in [1.82, 2.24) is 0 Å². The van der Waals surface area contributed by atoms with E-state index in [1.54, 1.807) is 0 Å². The summed E-state index contributed by atoms with van der Waals surface area (Å²) < 4.78 is 0. The Balaban J connectivity index is 2.25. The standard InChI is InChI=1S/C10H17N/c1-9-5-2-3-6-10(9)7-4-8-11/h9-10H,2-7H2,1H3. The van der Waals surface area contributed by atoms with Crippen molar-refractivity contribution in [3.63, 3.8) is 0 Å². The molecule has 1 heteroatoms. The summed E-state index contributed by atoms with van der Waals surface area (Å²) in [6.07, 6.45) is 7.44. The fourth-order valence-electron chi connectivity index (χ4n) is 2.07. The lowest BCUT2D eigenvalue weighted by Gasteiger charge is -2.27. The maximum Gasteiger partial charge on any atom is 0.0621 e. The van der Waals surface area contributed by atoms with Gasteiger partial charge in [0.25, 0.3) is 0 Å². The van der Waals surface area contributed by atoms with Gasteiger partial charge in [-0.25, -0.2) is 0 Å². The van der Waals surface area contributed by atoms with E-state index in [1.165, 1.54) is 25.7 Å². The van der Waals surface area contributed by atoms with Crippen LogP contribution < -0.4 is 0 Å². The first-order chi connectivity index (χ1) is 5.34. The molecule has 0 aliphatic heterocycles. The smallest absolute Gasteiger partial charge is 0.0621 e. The maximum atomic E-state index is 8.43. The van der Waals surface area contributed by atoms with Gasteiger partial charge in [-0.15, -0.1) is 0 Å². The Morgan fingerprint density at radius 3 is 2.73 bits per heavy atom. The summed E-state index contributed by atoms with van der Waals surface area (Å²) in [7, 11) is 0. The average molecular weight is 151 g/mol. The fraction of sp³-hybridized carbons (Fsp3) is 0.900. The molecule has 1 nitrogen and oxygen atoms in total. The normalized spacial score (nSPS) is 31.3. The molecule has 0 heterocycles. The van der Waals surface area contributed by atoms with Crippen LogP contribution >= 0.6 is 0 Å². The van der Waals surface area contributed by atoms with E-state index in [9.17, 15) is 0 Å². The quantitative estimate of drug-likeness (QED) is 0.595. The highest BCUT2D eigenvalue weighted by Gasteiger charge is 2.20. The van der Waals surface area contributed by atoms with Crippen molar-refractivity contribution in [2.24, 2.45) is 11.8 Å². The Kier molecular flexibility index (Phi) is 3.42. The Morgan fingerprint density at radius 1 is 1.36 bits per heavy atom. The second-order valence-corrected chi connectivity index (χ2v) is 3.72. The molecule has 1 saturated carbocycles. The van der Waals surface area contributed by atoms with Gasteiger partial charge in [-0.2, -0.15) is 5.26 Å². The summed E-state index contributed by atoms with van der Waals surface area (Å²) in [6.45, 7) is 2.33. The topological polar surface area (TPSA) is 23.8 Å². The van der Waals surface area contributed by atoms with Crippen LogP contribution in [-0.4, -0.2) is 0 Å². The molecule has 0 aromatic carbocycles. The second-order valence-electron chi connectivity index (χ2n) is 3.72. The third-order valence-corrected chi connectivity index (χ3v) is 2.92. The minimum Gasteiger partial charge on any atom is -0.198 e. The van der Waals surface area contributed by atoms with Gasteiger partial charge in [0.1, 0.15) is 0 Å². The molecule has 0 amide bonds. The SMILES string of the molecule is CC1CCCCC1CCC#N. The fourth-order valence-corrected chi connectivity index (χ4v) is 2.07. The summed E-state index contributed by atoms with van der Waals surface area (Å²) in [4.78, 5) is 0. The largest absolute Gasteiger partial charge is 0.198 e. The van der Waals surface area contributed by atoms with Gasteiger partial charge < -0.3 is 0 Å². The van der Waals surface area contributed by atoms with Crippen LogP contribution in [0.25, 0.3) is 0 Å². The van der Waals surface area contributed by atoms with Gasteiger partial charge in [-0.05, 0) is 18.3 Å². The van der Waals surface area contributed by atoms with Gasteiger partial charge in [0.05, 0.1) is 6.07 Å². The molecule has 0 saturated heterocycles. The van der Waals surface area contributed by atoms with Crippen molar-refractivity contribution in [3.05, 3.63) is 0 Å². The molecule has 1 aliphatic carbocycles. The molecule has 0 radical (unpaired) electrons. The molecule has 0 bridgehead atoms. The number of rotatable bonds is 2. The van der Waals surface area contributed by atoms with E-state index in [-0.39, 0.29) is 0 Å². The molecular weight excluding hydrogens is 134 g/mol. The van der Waals surface area contributed by atoms with Crippen molar-refractivity contribution in [2.75, 3.05) is 0 Å². The Labute approximate surface area is 69.4 Å². The van der Waals surface area contributed by atoms with Gasteiger partial charge in [0.15, 0.2) is 0 Å². The van der Waals surface area contributed by atoms with Crippen LogP contribution in [0.5, 0.6) is 0 Å². The van der Waals surface area contributed by atoms with Gasteiger partial charge in [-0.1, -0.05) is 32.6 Å². The molecule has 1 rings (SSSR count). The van der Waals surface area contributed by atoms with Crippen molar-refractivity contribution < 1.29 is 0 Å². The van der Waals surface area contributed by atoms with Crippen molar-refractivity contribution in [1.29, 1.82) is 5.26 Å². The zero-order chi connectivity index (χ0) is 8.10. The Hall–Kier alpha value is -0.510. The highest BCUT2D eigenvalue weighted by Crippen LogP contribution is 2.32. The Morgan fingerprint density at radius 2 is 2.09 bits per heavy atom. The van der Waals surface area contributed by atoms with E-state index in [0.717, 1.165) is 24.7 Å². The molecule has 0 aromatic rings. The predicted octanol–water partition coefficient (Wildman–Crippen LogP) is 3.12. The van der Waals surface area contributed by atoms with Crippen LogP contribution in [0, 0.1) is 23.2 Å². The van der Waals surface area contributed by atoms with Crippen LogP contribution in [0.1, 0.15) is 45.4 Å². The van der Waals surface area contributed by atoms with Gasteiger partial charge in [-0.3, -0.25) is 0 Å². The molecule has 2 unspecified atom stereocenters. The first-order valence-corrected chi connectivity index (χ1v) is 4.71. The van der Waals surface area contributed by atoms with E-state index in [2.05, 4.69) is 13.0 Å². The van der Waals surface area contributed by atoms with E-state index in [0.29, 0.717) is 0 Å². The van der Waals surface area contributed by atoms with Crippen molar-refractivity contribution >= 4 is 0 Å². The molecule has 62 valence electrons. The minimum absolute atomic E-state index is 0.759.